The van der Waals surface area contributed by atoms with Crippen LogP contribution in [0.25, 0.3) is 0 Å². The van der Waals surface area contributed by atoms with Crippen molar-refractivity contribution < 1.29 is 4.74 Å². The van der Waals surface area contributed by atoms with Crippen molar-refractivity contribution in [2.75, 3.05) is 0 Å². The summed E-state index contributed by atoms with van der Waals surface area (Å²) in [5, 5.41) is 0. The first-order chi connectivity index (χ1) is 7.19. The lowest BCUT2D eigenvalue weighted by Crippen LogP contribution is -2.48. The highest BCUT2D eigenvalue weighted by Crippen LogP contribution is 2.47. The fourth-order valence-corrected chi connectivity index (χ4v) is 2.78. The van der Waals surface area contributed by atoms with Gasteiger partial charge in [-0.2, -0.15) is 0 Å². The molecule has 2 aliphatic rings. The van der Waals surface area contributed by atoms with E-state index in [0.717, 1.165) is 35.2 Å². The number of rotatable bonds is 0. The highest BCUT2D eigenvalue weighted by atomic mass is 79.9. The summed E-state index contributed by atoms with van der Waals surface area (Å²) in [6, 6.07) is 2.08. The van der Waals surface area contributed by atoms with Gasteiger partial charge in [-0.05, 0) is 41.3 Å². The van der Waals surface area contributed by atoms with E-state index < -0.39 is 0 Å². The molecule has 80 valence electrons. The second-order valence-corrected chi connectivity index (χ2v) is 5.41. The zero-order valence-electron chi connectivity index (χ0n) is 8.37. The molecule has 0 saturated heterocycles. The molecule has 1 spiro atoms. The topological polar surface area (TPSA) is 48.1 Å². The smallest absolute Gasteiger partial charge is 0.218 e. The SMILES string of the molecule is N[C@H]1CC2(CCC2)Oc2ncc(Br)cc21. The van der Waals surface area contributed by atoms with Crippen molar-refractivity contribution in [1.82, 2.24) is 4.98 Å². The lowest BCUT2D eigenvalue weighted by Gasteiger charge is -2.46. The molecule has 4 heteroatoms. The van der Waals surface area contributed by atoms with Crippen LogP contribution in [0.1, 0.15) is 37.3 Å². The van der Waals surface area contributed by atoms with Gasteiger partial charge in [0.05, 0.1) is 0 Å². The predicted molar refractivity (Wildman–Crippen MR) is 60.7 cm³/mol. The molecule has 15 heavy (non-hydrogen) atoms. The zero-order valence-corrected chi connectivity index (χ0v) is 9.96. The minimum absolute atomic E-state index is 0.00719. The number of hydrogen-bond acceptors (Lipinski definition) is 3. The molecule has 1 aromatic rings. The number of nitrogens with zero attached hydrogens (tertiary/aromatic N) is 1. The van der Waals surface area contributed by atoms with Gasteiger partial charge in [0.15, 0.2) is 0 Å². The van der Waals surface area contributed by atoms with Crippen molar-refractivity contribution in [1.29, 1.82) is 0 Å². The summed E-state index contributed by atoms with van der Waals surface area (Å²) in [5.74, 6) is 0.733. The quantitative estimate of drug-likeness (QED) is 0.787. The van der Waals surface area contributed by atoms with Gasteiger partial charge in [-0.15, -0.1) is 0 Å². The van der Waals surface area contributed by atoms with Crippen LogP contribution in [0.2, 0.25) is 0 Å². The summed E-state index contributed by atoms with van der Waals surface area (Å²) in [6.45, 7) is 0. The number of aromatic nitrogens is 1. The summed E-state index contributed by atoms with van der Waals surface area (Å²) < 4.78 is 6.93. The number of nitrogens with two attached hydrogens (primary N) is 1. The van der Waals surface area contributed by atoms with Crippen LogP contribution in [0.3, 0.4) is 0 Å². The third kappa shape index (κ3) is 1.47. The molecule has 0 bridgehead atoms. The number of fused-ring (bicyclic) bond motifs is 1. The molecular weight excluding hydrogens is 256 g/mol. The molecule has 0 amide bonds. The van der Waals surface area contributed by atoms with Crippen molar-refractivity contribution in [3.63, 3.8) is 0 Å². The molecule has 2 N–H and O–H groups in total. The molecule has 1 saturated carbocycles. The molecule has 0 unspecified atom stereocenters. The van der Waals surface area contributed by atoms with Crippen LogP contribution in [0, 0.1) is 0 Å². The molecule has 1 aliphatic carbocycles. The third-order valence-corrected chi connectivity index (χ3v) is 3.85. The maximum Gasteiger partial charge on any atom is 0.218 e. The molecule has 0 radical (unpaired) electrons. The predicted octanol–water partition coefficient (Wildman–Crippen LogP) is 2.55. The molecule has 3 nitrogen and oxygen atoms in total. The van der Waals surface area contributed by atoms with Crippen LogP contribution in [-0.4, -0.2) is 10.6 Å². The maximum absolute atomic E-state index is 6.16. The Kier molecular flexibility index (Phi) is 2.04. The standard InChI is InChI=1S/C11H13BrN2O/c12-7-4-8-9(13)5-11(2-1-3-11)15-10(8)14-6-7/h4,6,9H,1-3,5,13H2/t9-/m0/s1. The second kappa shape index (κ2) is 3.19. The number of pyridine rings is 1. The van der Waals surface area contributed by atoms with Crippen molar-refractivity contribution in [3.8, 4) is 5.88 Å². The fourth-order valence-electron chi connectivity index (χ4n) is 2.43. The van der Waals surface area contributed by atoms with Crippen LogP contribution in [0.5, 0.6) is 5.88 Å². The van der Waals surface area contributed by atoms with Crippen LogP contribution >= 0.6 is 15.9 Å². The monoisotopic (exact) mass is 268 g/mol. The van der Waals surface area contributed by atoms with E-state index in [1.54, 1.807) is 6.20 Å². The van der Waals surface area contributed by atoms with E-state index in [-0.39, 0.29) is 11.6 Å². The van der Waals surface area contributed by atoms with E-state index in [2.05, 4.69) is 20.9 Å². The van der Waals surface area contributed by atoms with Crippen molar-refractivity contribution in [3.05, 3.63) is 22.3 Å². The lowest BCUT2D eigenvalue weighted by atomic mass is 9.73. The largest absolute Gasteiger partial charge is 0.471 e. The summed E-state index contributed by atoms with van der Waals surface area (Å²) in [7, 11) is 0. The van der Waals surface area contributed by atoms with E-state index in [1.807, 2.05) is 6.07 Å². The minimum atomic E-state index is 0.00719. The van der Waals surface area contributed by atoms with Gasteiger partial charge in [0.1, 0.15) is 5.60 Å². The lowest BCUT2D eigenvalue weighted by molar-refractivity contribution is -0.0369. The van der Waals surface area contributed by atoms with Gasteiger partial charge in [0.25, 0.3) is 0 Å². The normalized spacial score (nSPS) is 26.7. The molecule has 1 atom stereocenters. The van der Waals surface area contributed by atoms with Crippen molar-refractivity contribution >= 4 is 15.9 Å². The number of ether oxygens (including phenoxy) is 1. The average Bonchev–Trinajstić information content (AvgIpc) is 2.16. The van der Waals surface area contributed by atoms with E-state index >= 15 is 0 Å². The Morgan fingerprint density at radius 3 is 3.00 bits per heavy atom. The minimum Gasteiger partial charge on any atom is -0.471 e. The highest BCUT2D eigenvalue weighted by molar-refractivity contribution is 9.10. The average molecular weight is 269 g/mol. The zero-order chi connectivity index (χ0) is 10.5. The number of halogens is 1. The van der Waals surface area contributed by atoms with Crippen molar-refractivity contribution in [2.45, 2.75) is 37.3 Å². The maximum atomic E-state index is 6.16. The van der Waals surface area contributed by atoms with Crippen LogP contribution < -0.4 is 10.5 Å². The van der Waals surface area contributed by atoms with Gasteiger partial charge in [0, 0.05) is 28.7 Å². The van der Waals surface area contributed by atoms with Gasteiger partial charge in [0.2, 0.25) is 5.88 Å². The second-order valence-electron chi connectivity index (χ2n) is 4.50. The molecule has 1 aromatic heterocycles. The first-order valence-electron chi connectivity index (χ1n) is 5.29. The molecule has 1 aliphatic heterocycles. The van der Waals surface area contributed by atoms with Crippen LogP contribution in [-0.2, 0) is 0 Å². The summed E-state index contributed by atoms with van der Waals surface area (Å²) in [5.41, 5.74) is 7.20. The molecular formula is C11H13BrN2O. The molecule has 0 aromatic carbocycles. The Bertz CT molecular complexity index is 404. The summed E-state index contributed by atoms with van der Waals surface area (Å²) in [6.07, 6.45) is 6.19. The van der Waals surface area contributed by atoms with Gasteiger partial charge in [-0.1, -0.05) is 0 Å². The Morgan fingerprint density at radius 1 is 1.53 bits per heavy atom. The van der Waals surface area contributed by atoms with E-state index in [1.165, 1.54) is 6.42 Å². The number of hydrogen-bond donors (Lipinski definition) is 1. The van der Waals surface area contributed by atoms with Gasteiger partial charge in [-0.25, -0.2) is 4.98 Å². The molecule has 2 heterocycles. The van der Waals surface area contributed by atoms with E-state index in [0.29, 0.717) is 0 Å². The Morgan fingerprint density at radius 2 is 2.33 bits per heavy atom. The molecule has 1 fully saturated rings. The third-order valence-electron chi connectivity index (χ3n) is 3.41. The van der Waals surface area contributed by atoms with E-state index in [9.17, 15) is 0 Å². The van der Waals surface area contributed by atoms with Crippen molar-refractivity contribution in [2.24, 2.45) is 5.73 Å². The van der Waals surface area contributed by atoms with Gasteiger partial charge < -0.3 is 10.5 Å². The summed E-state index contributed by atoms with van der Waals surface area (Å²) in [4.78, 5) is 4.30. The summed E-state index contributed by atoms with van der Waals surface area (Å²) >= 11 is 3.40. The fraction of sp³-hybridized carbons (Fsp3) is 0.545. The first kappa shape index (κ1) is 9.60. The highest BCUT2D eigenvalue weighted by Gasteiger charge is 2.45. The Balaban J connectivity index is 2.01. The van der Waals surface area contributed by atoms with Gasteiger partial charge in [-0.3, -0.25) is 0 Å². The Hall–Kier alpha value is -0.610. The van der Waals surface area contributed by atoms with Crippen LogP contribution in [0.15, 0.2) is 16.7 Å². The first-order valence-corrected chi connectivity index (χ1v) is 6.08. The van der Waals surface area contributed by atoms with Gasteiger partial charge >= 0.3 is 0 Å². The van der Waals surface area contributed by atoms with E-state index in [4.69, 9.17) is 10.5 Å². The Labute approximate surface area is 97.2 Å². The molecule has 3 rings (SSSR count). The van der Waals surface area contributed by atoms with Crippen LogP contribution in [0.4, 0.5) is 0 Å².